The summed E-state index contributed by atoms with van der Waals surface area (Å²) in [6.45, 7) is 3.99. The molecule has 0 saturated carbocycles. The van der Waals surface area contributed by atoms with Crippen LogP contribution < -0.4 is 11.0 Å². The van der Waals surface area contributed by atoms with Crippen LogP contribution in [-0.4, -0.2) is 22.4 Å². The van der Waals surface area contributed by atoms with Gasteiger partial charge in [-0.05, 0) is 17.7 Å². The predicted octanol–water partition coefficient (Wildman–Crippen LogP) is 0.701. The Morgan fingerprint density at radius 2 is 2.12 bits per heavy atom. The first kappa shape index (κ1) is 11.2. The van der Waals surface area contributed by atoms with Gasteiger partial charge in [0.25, 0.3) is 0 Å². The second kappa shape index (κ2) is 4.69. The van der Waals surface area contributed by atoms with Crippen LogP contribution in [0.1, 0.15) is 5.56 Å². The summed E-state index contributed by atoms with van der Waals surface area (Å²) in [5.74, 6) is -0.0675. The van der Waals surface area contributed by atoms with Gasteiger partial charge in [-0.1, -0.05) is 12.1 Å². The summed E-state index contributed by atoms with van der Waals surface area (Å²) in [6, 6.07) is 5.39. The van der Waals surface area contributed by atoms with E-state index in [1.807, 2.05) is 6.07 Å². The molecule has 17 heavy (non-hydrogen) atoms. The minimum atomic E-state index is -0.242. The number of hydrogen-bond acceptors (Lipinski definition) is 2. The highest BCUT2D eigenvalue weighted by atomic mass is 16.1. The van der Waals surface area contributed by atoms with Gasteiger partial charge in [-0.25, -0.2) is 4.79 Å². The van der Waals surface area contributed by atoms with Crippen molar-refractivity contribution in [2.45, 2.75) is 6.42 Å². The highest BCUT2D eigenvalue weighted by Crippen LogP contribution is 2.10. The van der Waals surface area contributed by atoms with Gasteiger partial charge in [0.05, 0.1) is 17.5 Å². The van der Waals surface area contributed by atoms with Crippen molar-refractivity contribution in [2.24, 2.45) is 0 Å². The van der Waals surface area contributed by atoms with Crippen LogP contribution >= 0.6 is 0 Å². The van der Waals surface area contributed by atoms with Crippen LogP contribution in [0.4, 0.5) is 0 Å². The summed E-state index contributed by atoms with van der Waals surface area (Å²) < 4.78 is 0. The average Bonchev–Trinajstić information content (AvgIpc) is 2.65. The molecule has 0 saturated heterocycles. The van der Waals surface area contributed by atoms with Gasteiger partial charge in [0, 0.05) is 6.54 Å². The molecular weight excluding hydrogens is 218 g/mol. The summed E-state index contributed by atoms with van der Waals surface area (Å²) in [5.41, 5.74) is 2.07. The molecule has 0 fully saturated rings. The second-order valence-electron chi connectivity index (χ2n) is 3.73. The molecule has 0 aliphatic carbocycles. The van der Waals surface area contributed by atoms with E-state index in [-0.39, 0.29) is 18.0 Å². The normalized spacial score (nSPS) is 10.4. The number of carbonyl (C=O) groups excluding carboxylic acids is 1. The zero-order chi connectivity index (χ0) is 12.3. The van der Waals surface area contributed by atoms with E-state index < -0.39 is 0 Å². The van der Waals surface area contributed by atoms with Gasteiger partial charge in [0.15, 0.2) is 0 Å². The number of carbonyl (C=O) groups is 1. The molecule has 88 valence electrons. The molecule has 1 aromatic heterocycles. The van der Waals surface area contributed by atoms with Crippen molar-refractivity contribution in [3.05, 3.63) is 46.9 Å². The maximum atomic E-state index is 11.5. The maximum absolute atomic E-state index is 11.5. The molecule has 0 atom stereocenters. The fourth-order valence-corrected chi connectivity index (χ4v) is 1.62. The molecule has 2 rings (SSSR count). The van der Waals surface area contributed by atoms with Crippen molar-refractivity contribution < 1.29 is 4.79 Å². The van der Waals surface area contributed by atoms with Gasteiger partial charge in [-0.2, -0.15) is 0 Å². The molecule has 1 amide bonds. The second-order valence-corrected chi connectivity index (χ2v) is 3.73. The van der Waals surface area contributed by atoms with Crippen molar-refractivity contribution in [1.82, 2.24) is 15.3 Å². The molecule has 0 spiro atoms. The van der Waals surface area contributed by atoms with E-state index in [1.54, 1.807) is 18.2 Å². The third-order valence-corrected chi connectivity index (χ3v) is 2.39. The van der Waals surface area contributed by atoms with Crippen molar-refractivity contribution in [3.8, 4) is 0 Å². The molecule has 5 nitrogen and oxygen atoms in total. The summed E-state index contributed by atoms with van der Waals surface area (Å²) in [7, 11) is 0. The lowest BCUT2D eigenvalue weighted by molar-refractivity contribution is -0.120. The van der Waals surface area contributed by atoms with Crippen molar-refractivity contribution in [1.29, 1.82) is 0 Å². The first-order valence-electron chi connectivity index (χ1n) is 5.27. The molecule has 1 heterocycles. The number of nitrogens with one attached hydrogen (secondary N) is 3. The third kappa shape index (κ3) is 2.63. The van der Waals surface area contributed by atoms with E-state index in [4.69, 9.17) is 0 Å². The Morgan fingerprint density at radius 1 is 1.35 bits per heavy atom. The fourth-order valence-electron chi connectivity index (χ4n) is 1.62. The number of fused-ring (bicyclic) bond motifs is 1. The lowest BCUT2D eigenvalue weighted by Crippen LogP contribution is -2.24. The largest absolute Gasteiger partial charge is 0.352 e. The van der Waals surface area contributed by atoms with Crippen molar-refractivity contribution >= 4 is 16.9 Å². The molecule has 2 aromatic rings. The molecule has 0 unspecified atom stereocenters. The molecule has 0 radical (unpaired) electrons. The van der Waals surface area contributed by atoms with Crippen LogP contribution in [0.5, 0.6) is 0 Å². The van der Waals surface area contributed by atoms with Gasteiger partial charge < -0.3 is 15.3 Å². The quantitative estimate of drug-likeness (QED) is 0.677. The van der Waals surface area contributed by atoms with Crippen LogP contribution in [0.3, 0.4) is 0 Å². The summed E-state index contributed by atoms with van der Waals surface area (Å²) in [5, 5.41) is 2.70. The Labute approximate surface area is 97.5 Å². The van der Waals surface area contributed by atoms with Gasteiger partial charge in [0.1, 0.15) is 0 Å². The van der Waals surface area contributed by atoms with E-state index >= 15 is 0 Å². The van der Waals surface area contributed by atoms with Crippen LogP contribution in [0.15, 0.2) is 35.6 Å². The van der Waals surface area contributed by atoms with E-state index in [2.05, 4.69) is 21.9 Å². The molecule has 3 N–H and O–H groups in total. The van der Waals surface area contributed by atoms with E-state index in [9.17, 15) is 9.59 Å². The van der Waals surface area contributed by atoms with E-state index in [0.717, 1.165) is 11.1 Å². The summed E-state index contributed by atoms with van der Waals surface area (Å²) in [6.07, 6.45) is 1.92. The van der Waals surface area contributed by atoms with E-state index in [1.165, 1.54) is 0 Å². The summed E-state index contributed by atoms with van der Waals surface area (Å²) >= 11 is 0. The minimum Gasteiger partial charge on any atom is -0.352 e. The SMILES string of the molecule is C=CCNC(=O)Cc1ccc2[nH]c(=O)[nH]c2c1. The number of aromatic nitrogens is 2. The monoisotopic (exact) mass is 231 g/mol. The van der Waals surface area contributed by atoms with E-state index in [0.29, 0.717) is 12.1 Å². The highest BCUT2D eigenvalue weighted by molar-refractivity contribution is 5.81. The Bertz CT molecular complexity index is 609. The molecule has 0 aliphatic heterocycles. The third-order valence-electron chi connectivity index (χ3n) is 2.39. The Kier molecular flexibility index (Phi) is 3.09. The smallest absolute Gasteiger partial charge is 0.323 e. The minimum absolute atomic E-state index is 0.0675. The lowest BCUT2D eigenvalue weighted by Gasteiger charge is -2.02. The van der Waals surface area contributed by atoms with Gasteiger partial charge in [0.2, 0.25) is 5.91 Å². The zero-order valence-electron chi connectivity index (χ0n) is 9.25. The lowest BCUT2D eigenvalue weighted by atomic mass is 10.1. The number of H-pyrrole nitrogens is 2. The van der Waals surface area contributed by atoms with Crippen LogP contribution in [0.2, 0.25) is 0 Å². The van der Waals surface area contributed by atoms with Crippen LogP contribution in [0, 0.1) is 0 Å². The number of imidazole rings is 1. The fraction of sp³-hybridized carbons (Fsp3) is 0.167. The van der Waals surface area contributed by atoms with Crippen LogP contribution in [-0.2, 0) is 11.2 Å². The standard InChI is InChI=1S/C12H13N3O2/c1-2-5-13-11(16)7-8-3-4-9-10(6-8)15-12(17)14-9/h2-4,6H,1,5,7H2,(H,13,16)(H2,14,15,17). The van der Waals surface area contributed by atoms with Crippen molar-refractivity contribution in [3.63, 3.8) is 0 Å². The predicted molar refractivity (Wildman–Crippen MR) is 65.8 cm³/mol. The average molecular weight is 231 g/mol. The number of aromatic amines is 2. The number of amides is 1. The van der Waals surface area contributed by atoms with Crippen LogP contribution in [0.25, 0.3) is 11.0 Å². The molecule has 0 bridgehead atoms. The number of benzene rings is 1. The highest BCUT2D eigenvalue weighted by Gasteiger charge is 2.04. The molecular formula is C12H13N3O2. The summed E-state index contributed by atoms with van der Waals surface area (Å²) in [4.78, 5) is 27.8. The molecule has 5 heteroatoms. The zero-order valence-corrected chi connectivity index (χ0v) is 9.25. The van der Waals surface area contributed by atoms with Crippen molar-refractivity contribution in [2.75, 3.05) is 6.54 Å². The van der Waals surface area contributed by atoms with Gasteiger partial charge >= 0.3 is 5.69 Å². The Morgan fingerprint density at radius 3 is 2.88 bits per heavy atom. The Balaban J connectivity index is 2.16. The molecule has 1 aromatic carbocycles. The Hall–Kier alpha value is -2.30. The first-order chi connectivity index (χ1) is 8.19. The number of rotatable bonds is 4. The first-order valence-corrected chi connectivity index (χ1v) is 5.27. The van der Waals surface area contributed by atoms with Gasteiger partial charge in [-0.15, -0.1) is 6.58 Å². The topological polar surface area (TPSA) is 77.8 Å². The maximum Gasteiger partial charge on any atom is 0.323 e. The van der Waals surface area contributed by atoms with Gasteiger partial charge in [-0.3, -0.25) is 4.79 Å². The number of hydrogen-bond donors (Lipinski definition) is 3. The molecule has 0 aliphatic rings.